The third-order valence-electron chi connectivity index (χ3n) is 5.81. The Bertz CT molecular complexity index is 988. The van der Waals surface area contributed by atoms with E-state index in [9.17, 15) is 4.79 Å². The van der Waals surface area contributed by atoms with Crippen LogP contribution in [0.15, 0.2) is 78.9 Å². The minimum Gasteiger partial charge on any atom is -0.489 e. The van der Waals surface area contributed by atoms with E-state index in [-0.39, 0.29) is 5.91 Å². The minimum absolute atomic E-state index is 0.0165. The number of nitrogens with one attached hydrogen (secondary N) is 1. The van der Waals surface area contributed by atoms with Crippen molar-refractivity contribution in [2.75, 3.05) is 30.4 Å². The zero-order valence-corrected chi connectivity index (χ0v) is 18.5. The lowest BCUT2D eigenvalue weighted by Gasteiger charge is -2.18. The van der Waals surface area contributed by atoms with Crippen LogP contribution in [0.3, 0.4) is 0 Å². The second kappa shape index (κ2) is 10.8. The maximum absolute atomic E-state index is 12.4. The van der Waals surface area contributed by atoms with Gasteiger partial charge >= 0.3 is 0 Å². The molecule has 0 aliphatic carbocycles. The lowest BCUT2D eigenvalue weighted by Crippen LogP contribution is -2.22. The molecule has 1 aliphatic rings. The highest BCUT2D eigenvalue weighted by atomic mass is 16.5. The van der Waals surface area contributed by atoms with Crippen molar-refractivity contribution < 1.29 is 14.3 Å². The van der Waals surface area contributed by atoms with Crippen LogP contribution in [-0.2, 0) is 22.6 Å². The van der Waals surface area contributed by atoms with Gasteiger partial charge in [0.15, 0.2) is 0 Å². The van der Waals surface area contributed by atoms with Gasteiger partial charge in [0.2, 0.25) is 5.91 Å². The lowest BCUT2D eigenvalue weighted by molar-refractivity contribution is -0.116. The molecule has 1 heterocycles. The molecule has 1 atom stereocenters. The van der Waals surface area contributed by atoms with E-state index in [1.54, 1.807) is 7.11 Å². The predicted molar refractivity (Wildman–Crippen MR) is 128 cm³/mol. The van der Waals surface area contributed by atoms with Crippen LogP contribution in [0.4, 0.5) is 11.4 Å². The van der Waals surface area contributed by atoms with Crippen LogP contribution in [0.1, 0.15) is 24.0 Å². The first kappa shape index (κ1) is 21.9. The number of benzene rings is 3. The molecular formula is C27H30N2O3. The first-order valence-corrected chi connectivity index (χ1v) is 11.1. The Kier molecular flexibility index (Phi) is 7.41. The van der Waals surface area contributed by atoms with Crippen LogP contribution in [0.25, 0.3) is 0 Å². The maximum atomic E-state index is 12.4. The van der Waals surface area contributed by atoms with Gasteiger partial charge in [-0.2, -0.15) is 0 Å². The summed E-state index contributed by atoms with van der Waals surface area (Å²) in [5.41, 5.74) is 4.24. The van der Waals surface area contributed by atoms with Crippen molar-refractivity contribution in [3.63, 3.8) is 0 Å². The number of amides is 1. The highest BCUT2D eigenvalue weighted by molar-refractivity contribution is 5.91. The van der Waals surface area contributed by atoms with Crippen molar-refractivity contribution >= 4 is 17.3 Å². The molecule has 0 spiro atoms. The van der Waals surface area contributed by atoms with E-state index < -0.39 is 0 Å². The topological polar surface area (TPSA) is 50.8 Å². The molecule has 1 amide bonds. The van der Waals surface area contributed by atoms with Gasteiger partial charge in [0, 0.05) is 38.0 Å². The average molecular weight is 431 g/mol. The van der Waals surface area contributed by atoms with Gasteiger partial charge in [-0.3, -0.25) is 4.79 Å². The van der Waals surface area contributed by atoms with E-state index >= 15 is 0 Å². The molecule has 5 nitrogen and oxygen atoms in total. The van der Waals surface area contributed by atoms with Gasteiger partial charge in [-0.1, -0.05) is 42.5 Å². The molecule has 0 aromatic heterocycles. The molecule has 32 heavy (non-hydrogen) atoms. The predicted octanol–water partition coefficient (Wildman–Crippen LogP) is 5.06. The fraction of sp³-hybridized carbons (Fsp3) is 0.296. The van der Waals surface area contributed by atoms with E-state index in [1.165, 1.54) is 0 Å². The molecule has 0 radical (unpaired) electrons. The normalized spacial score (nSPS) is 15.5. The van der Waals surface area contributed by atoms with E-state index in [2.05, 4.69) is 22.3 Å². The number of hydrogen-bond donors (Lipinski definition) is 1. The van der Waals surface area contributed by atoms with Crippen molar-refractivity contribution in [2.45, 2.75) is 32.0 Å². The number of methoxy groups -OCH3 is 1. The maximum Gasteiger partial charge on any atom is 0.224 e. The minimum atomic E-state index is 0.0165. The van der Waals surface area contributed by atoms with Crippen LogP contribution >= 0.6 is 0 Å². The summed E-state index contributed by atoms with van der Waals surface area (Å²) in [5.74, 6) is 0.847. The number of carbonyl (C=O) groups excluding carboxylic acids is 1. The number of hydrogen-bond acceptors (Lipinski definition) is 4. The number of ether oxygens (including phenoxy) is 2. The fourth-order valence-corrected chi connectivity index (χ4v) is 3.89. The molecular weight excluding hydrogens is 400 g/mol. The summed E-state index contributed by atoms with van der Waals surface area (Å²) in [4.78, 5) is 14.7. The van der Waals surface area contributed by atoms with E-state index in [0.717, 1.165) is 47.8 Å². The number of nitrogens with zero attached hydrogens (tertiary/aromatic N) is 1. The van der Waals surface area contributed by atoms with Gasteiger partial charge in [-0.25, -0.2) is 0 Å². The van der Waals surface area contributed by atoms with Crippen LogP contribution < -0.4 is 15.0 Å². The molecule has 0 unspecified atom stereocenters. The summed E-state index contributed by atoms with van der Waals surface area (Å²) < 4.78 is 11.3. The molecule has 1 fully saturated rings. The molecule has 5 heteroatoms. The molecule has 1 aliphatic heterocycles. The molecule has 3 aromatic rings. The number of anilines is 2. The number of rotatable bonds is 9. The zero-order valence-electron chi connectivity index (χ0n) is 18.5. The van der Waals surface area contributed by atoms with Crippen LogP contribution in [0.5, 0.6) is 5.75 Å². The zero-order chi connectivity index (χ0) is 22.2. The summed E-state index contributed by atoms with van der Waals surface area (Å²) in [6.45, 7) is 2.46. The largest absolute Gasteiger partial charge is 0.489 e. The molecule has 1 saturated heterocycles. The van der Waals surface area contributed by atoms with E-state index in [4.69, 9.17) is 9.47 Å². The SMILES string of the molecule is CO[C@H]1CCN(c2ccc(NC(=O)CCc3ccc(OCc4ccccc4)cc3)cc2)C1. The standard InChI is InChI=1S/C27H30N2O3/c1-31-26-17-18-29(19-26)24-12-10-23(11-13-24)28-27(30)16-9-21-7-14-25(15-8-21)32-20-22-5-3-2-4-6-22/h2-8,10-15,26H,9,16-20H2,1H3,(H,28,30)/t26-/m0/s1. The van der Waals surface area contributed by atoms with Gasteiger partial charge in [-0.15, -0.1) is 0 Å². The van der Waals surface area contributed by atoms with E-state index in [0.29, 0.717) is 25.6 Å². The first-order valence-electron chi connectivity index (χ1n) is 11.1. The number of aryl methyl sites for hydroxylation is 1. The second-order valence-corrected chi connectivity index (χ2v) is 8.11. The van der Waals surface area contributed by atoms with Gasteiger partial charge in [0.1, 0.15) is 12.4 Å². The van der Waals surface area contributed by atoms with Gasteiger partial charge < -0.3 is 19.7 Å². The van der Waals surface area contributed by atoms with E-state index in [1.807, 2.05) is 66.7 Å². The highest BCUT2D eigenvalue weighted by Gasteiger charge is 2.22. The van der Waals surface area contributed by atoms with Crippen LogP contribution in [0, 0.1) is 0 Å². The summed E-state index contributed by atoms with van der Waals surface area (Å²) in [5, 5.41) is 2.99. The molecule has 3 aromatic carbocycles. The first-order chi connectivity index (χ1) is 15.7. The van der Waals surface area contributed by atoms with Gasteiger partial charge in [0.05, 0.1) is 6.10 Å². The van der Waals surface area contributed by atoms with Gasteiger partial charge in [0.25, 0.3) is 0 Å². The third-order valence-corrected chi connectivity index (χ3v) is 5.81. The molecule has 0 saturated carbocycles. The van der Waals surface area contributed by atoms with Crippen molar-refractivity contribution in [1.82, 2.24) is 0 Å². The smallest absolute Gasteiger partial charge is 0.224 e. The Hall–Kier alpha value is -3.31. The summed E-state index contributed by atoms with van der Waals surface area (Å²) in [7, 11) is 1.76. The van der Waals surface area contributed by atoms with Crippen LogP contribution in [-0.4, -0.2) is 32.2 Å². The average Bonchev–Trinajstić information content (AvgIpc) is 3.33. The summed E-state index contributed by atoms with van der Waals surface area (Å²) in [6.07, 6.45) is 2.48. The van der Waals surface area contributed by atoms with Crippen molar-refractivity contribution in [3.05, 3.63) is 90.0 Å². The second-order valence-electron chi connectivity index (χ2n) is 8.11. The molecule has 4 rings (SSSR count). The molecule has 1 N–H and O–H groups in total. The van der Waals surface area contributed by atoms with Gasteiger partial charge in [-0.05, 0) is 60.4 Å². The van der Waals surface area contributed by atoms with Crippen molar-refractivity contribution in [2.24, 2.45) is 0 Å². The molecule has 0 bridgehead atoms. The Morgan fingerprint density at radius 3 is 2.41 bits per heavy atom. The quantitative estimate of drug-likeness (QED) is 0.515. The summed E-state index contributed by atoms with van der Waals surface area (Å²) in [6, 6.07) is 26.1. The Morgan fingerprint density at radius 1 is 0.969 bits per heavy atom. The molecule has 166 valence electrons. The monoisotopic (exact) mass is 430 g/mol. The highest BCUT2D eigenvalue weighted by Crippen LogP contribution is 2.23. The lowest BCUT2D eigenvalue weighted by atomic mass is 10.1. The van der Waals surface area contributed by atoms with Crippen molar-refractivity contribution in [1.29, 1.82) is 0 Å². The third kappa shape index (κ3) is 6.11. The fourth-order valence-electron chi connectivity index (χ4n) is 3.89. The van der Waals surface area contributed by atoms with Crippen molar-refractivity contribution in [3.8, 4) is 5.75 Å². The Balaban J connectivity index is 1.21. The van der Waals surface area contributed by atoms with Crippen LogP contribution in [0.2, 0.25) is 0 Å². The Labute approximate surface area is 190 Å². The summed E-state index contributed by atoms with van der Waals surface area (Å²) >= 11 is 0. The Morgan fingerprint density at radius 2 is 1.72 bits per heavy atom. The number of carbonyl (C=O) groups is 1.